The van der Waals surface area contributed by atoms with Gasteiger partial charge in [-0.2, -0.15) is 0 Å². The van der Waals surface area contributed by atoms with E-state index in [1.165, 1.54) is 5.56 Å². The van der Waals surface area contributed by atoms with Crippen molar-refractivity contribution in [3.8, 4) is 17.2 Å². The van der Waals surface area contributed by atoms with Crippen LogP contribution in [-0.4, -0.2) is 7.11 Å². The molecular weight excluding hydrogens is 250 g/mol. The molecule has 0 saturated carbocycles. The van der Waals surface area contributed by atoms with Gasteiger partial charge in [0.25, 0.3) is 0 Å². The molecule has 0 aliphatic carbocycles. The monoisotopic (exact) mass is 271 g/mol. The fourth-order valence-electron chi connectivity index (χ4n) is 2.08. The minimum atomic E-state index is 0.460. The van der Waals surface area contributed by atoms with Crippen molar-refractivity contribution >= 4 is 5.69 Å². The molecule has 0 aliphatic rings. The highest BCUT2D eigenvalue weighted by atomic mass is 16.5. The van der Waals surface area contributed by atoms with E-state index in [1.807, 2.05) is 30.3 Å². The molecule has 0 amide bonds. The lowest BCUT2D eigenvalue weighted by Crippen LogP contribution is -1.97. The Labute approximate surface area is 120 Å². The average molecular weight is 271 g/mol. The molecule has 0 saturated heterocycles. The van der Waals surface area contributed by atoms with Crippen molar-refractivity contribution in [2.24, 2.45) is 0 Å². The second-order valence-electron chi connectivity index (χ2n) is 4.85. The van der Waals surface area contributed by atoms with Crippen LogP contribution in [0.5, 0.6) is 17.2 Å². The van der Waals surface area contributed by atoms with Crippen LogP contribution in [0.3, 0.4) is 0 Å². The Morgan fingerprint density at radius 3 is 2.55 bits per heavy atom. The Hall–Kier alpha value is -2.16. The topological polar surface area (TPSA) is 44.5 Å². The highest BCUT2D eigenvalue weighted by Gasteiger charge is 2.11. The van der Waals surface area contributed by atoms with Gasteiger partial charge >= 0.3 is 0 Å². The van der Waals surface area contributed by atoms with Crippen molar-refractivity contribution in [3.63, 3.8) is 0 Å². The molecule has 3 heteroatoms. The first-order valence-corrected chi connectivity index (χ1v) is 6.86. The molecule has 3 nitrogen and oxygen atoms in total. The number of benzene rings is 2. The number of para-hydroxylation sites is 1. The van der Waals surface area contributed by atoms with E-state index in [4.69, 9.17) is 15.2 Å². The van der Waals surface area contributed by atoms with Gasteiger partial charge in [0.15, 0.2) is 0 Å². The van der Waals surface area contributed by atoms with Crippen molar-refractivity contribution in [2.45, 2.75) is 26.2 Å². The fraction of sp³-hybridized carbons (Fsp3) is 0.294. The van der Waals surface area contributed by atoms with Crippen LogP contribution in [0.25, 0.3) is 0 Å². The minimum absolute atomic E-state index is 0.460. The Balaban J connectivity index is 2.30. The average Bonchev–Trinajstić information content (AvgIpc) is 2.49. The van der Waals surface area contributed by atoms with Gasteiger partial charge in [0, 0.05) is 6.07 Å². The summed E-state index contributed by atoms with van der Waals surface area (Å²) in [6.07, 6.45) is 1.07. The normalized spacial score (nSPS) is 11.9. The van der Waals surface area contributed by atoms with Gasteiger partial charge in [-0.05, 0) is 36.1 Å². The number of methoxy groups -OCH3 is 1. The summed E-state index contributed by atoms with van der Waals surface area (Å²) in [6, 6.07) is 13.6. The van der Waals surface area contributed by atoms with E-state index in [-0.39, 0.29) is 0 Å². The fourth-order valence-corrected chi connectivity index (χ4v) is 2.08. The van der Waals surface area contributed by atoms with Gasteiger partial charge < -0.3 is 15.2 Å². The highest BCUT2D eigenvalue weighted by Crippen LogP contribution is 2.34. The summed E-state index contributed by atoms with van der Waals surface area (Å²) in [5.74, 6) is 2.70. The van der Waals surface area contributed by atoms with E-state index in [0.717, 1.165) is 17.9 Å². The summed E-state index contributed by atoms with van der Waals surface area (Å²) in [6.45, 7) is 4.37. The van der Waals surface area contributed by atoms with Crippen LogP contribution in [0, 0.1) is 0 Å². The lowest BCUT2D eigenvalue weighted by Gasteiger charge is -2.16. The maximum Gasteiger partial charge on any atom is 0.145 e. The summed E-state index contributed by atoms with van der Waals surface area (Å²) < 4.78 is 11.2. The van der Waals surface area contributed by atoms with Gasteiger partial charge in [0.1, 0.15) is 17.2 Å². The Kier molecular flexibility index (Phi) is 4.51. The van der Waals surface area contributed by atoms with Crippen LogP contribution >= 0.6 is 0 Å². The van der Waals surface area contributed by atoms with Gasteiger partial charge in [-0.25, -0.2) is 0 Å². The van der Waals surface area contributed by atoms with E-state index in [2.05, 4.69) is 19.9 Å². The van der Waals surface area contributed by atoms with Crippen LogP contribution in [0.1, 0.15) is 31.7 Å². The molecule has 0 fully saturated rings. The molecule has 1 unspecified atom stereocenters. The molecule has 2 aromatic carbocycles. The standard InChI is InChI=1S/C17H21NO2/c1-4-12(2)14-7-5-6-8-16(14)20-13-9-10-15(18)17(11-13)19-3/h5-12H,4,18H2,1-3H3. The van der Waals surface area contributed by atoms with Crippen LogP contribution in [0.15, 0.2) is 42.5 Å². The van der Waals surface area contributed by atoms with Crippen LogP contribution in [0.2, 0.25) is 0 Å². The number of nitrogens with two attached hydrogens (primary N) is 1. The predicted octanol–water partition coefficient (Wildman–Crippen LogP) is 4.58. The first-order valence-electron chi connectivity index (χ1n) is 6.86. The van der Waals surface area contributed by atoms with Crippen molar-refractivity contribution in [3.05, 3.63) is 48.0 Å². The molecule has 106 valence electrons. The van der Waals surface area contributed by atoms with E-state index in [9.17, 15) is 0 Å². The first kappa shape index (κ1) is 14.3. The number of ether oxygens (including phenoxy) is 2. The SMILES string of the molecule is CCC(C)c1ccccc1Oc1ccc(N)c(OC)c1. The third kappa shape index (κ3) is 3.05. The molecule has 20 heavy (non-hydrogen) atoms. The molecule has 0 heterocycles. The smallest absolute Gasteiger partial charge is 0.145 e. The Morgan fingerprint density at radius 2 is 1.85 bits per heavy atom. The summed E-state index contributed by atoms with van der Waals surface area (Å²) in [4.78, 5) is 0. The van der Waals surface area contributed by atoms with E-state index < -0.39 is 0 Å². The molecule has 0 radical (unpaired) electrons. The predicted molar refractivity (Wildman–Crippen MR) is 82.6 cm³/mol. The lowest BCUT2D eigenvalue weighted by molar-refractivity contribution is 0.410. The maximum atomic E-state index is 5.99. The summed E-state index contributed by atoms with van der Waals surface area (Å²) in [5.41, 5.74) is 7.63. The number of anilines is 1. The van der Waals surface area contributed by atoms with Crippen LogP contribution < -0.4 is 15.2 Å². The summed E-state index contributed by atoms with van der Waals surface area (Å²) in [7, 11) is 1.60. The molecule has 0 spiro atoms. The zero-order valence-corrected chi connectivity index (χ0v) is 12.2. The minimum Gasteiger partial charge on any atom is -0.494 e. The summed E-state index contributed by atoms with van der Waals surface area (Å²) >= 11 is 0. The number of hydrogen-bond donors (Lipinski definition) is 1. The highest BCUT2D eigenvalue weighted by molar-refractivity contribution is 5.56. The van der Waals surface area contributed by atoms with E-state index in [1.54, 1.807) is 13.2 Å². The van der Waals surface area contributed by atoms with Gasteiger partial charge in [0.05, 0.1) is 12.8 Å². The first-order chi connectivity index (χ1) is 9.65. The quantitative estimate of drug-likeness (QED) is 0.809. The second kappa shape index (κ2) is 6.33. The molecule has 2 N–H and O–H groups in total. The van der Waals surface area contributed by atoms with Gasteiger partial charge in [-0.1, -0.05) is 32.0 Å². The number of rotatable bonds is 5. The van der Waals surface area contributed by atoms with Crippen molar-refractivity contribution < 1.29 is 9.47 Å². The molecular formula is C17H21NO2. The molecule has 0 aliphatic heterocycles. The maximum absolute atomic E-state index is 5.99. The summed E-state index contributed by atoms with van der Waals surface area (Å²) in [5, 5.41) is 0. The third-order valence-electron chi connectivity index (χ3n) is 3.50. The van der Waals surface area contributed by atoms with E-state index >= 15 is 0 Å². The molecule has 2 aromatic rings. The second-order valence-corrected chi connectivity index (χ2v) is 4.85. The zero-order chi connectivity index (χ0) is 14.5. The van der Waals surface area contributed by atoms with Crippen LogP contribution in [0.4, 0.5) is 5.69 Å². The molecule has 1 atom stereocenters. The van der Waals surface area contributed by atoms with Gasteiger partial charge in [-0.15, -0.1) is 0 Å². The van der Waals surface area contributed by atoms with Crippen molar-refractivity contribution in [1.29, 1.82) is 0 Å². The Morgan fingerprint density at radius 1 is 1.10 bits per heavy atom. The largest absolute Gasteiger partial charge is 0.494 e. The molecule has 0 aromatic heterocycles. The lowest BCUT2D eigenvalue weighted by atomic mass is 9.98. The molecule has 2 rings (SSSR count). The van der Waals surface area contributed by atoms with Gasteiger partial charge in [-0.3, -0.25) is 0 Å². The number of hydrogen-bond acceptors (Lipinski definition) is 3. The van der Waals surface area contributed by atoms with E-state index in [0.29, 0.717) is 17.4 Å². The van der Waals surface area contributed by atoms with Crippen molar-refractivity contribution in [2.75, 3.05) is 12.8 Å². The zero-order valence-electron chi connectivity index (χ0n) is 12.2. The van der Waals surface area contributed by atoms with Crippen LogP contribution in [-0.2, 0) is 0 Å². The van der Waals surface area contributed by atoms with Crippen molar-refractivity contribution in [1.82, 2.24) is 0 Å². The Bertz CT molecular complexity index is 581. The van der Waals surface area contributed by atoms with Gasteiger partial charge in [0.2, 0.25) is 0 Å². The number of nitrogen functional groups attached to an aromatic ring is 1. The third-order valence-corrected chi connectivity index (χ3v) is 3.50. The molecule has 0 bridgehead atoms.